The predicted octanol–water partition coefficient (Wildman–Crippen LogP) is 1.10. The van der Waals surface area contributed by atoms with E-state index in [1.165, 1.54) is 0 Å². The highest BCUT2D eigenvalue weighted by Gasteiger charge is 2.17. The Morgan fingerprint density at radius 3 is 2.38 bits per heavy atom. The normalized spacial score (nSPS) is 15.5. The monoisotopic (exact) mass is 186 g/mol. The van der Waals surface area contributed by atoms with E-state index in [0.29, 0.717) is 18.4 Å². The van der Waals surface area contributed by atoms with Crippen molar-refractivity contribution in [2.24, 2.45) is 5.92 Å². The molecular formula is C10H22N2O. The first-order valence-corrected chi connectivity index (χ1v) is 4.93. The van der Waals surface area contributed by atoms with Crippen molar-refractivity contribution in [3.63, 3.8) is 0 Å². The molecule has 0 bridgehead atoms. The van der Waals surface area contributed by atoms with Crippen molar-refractivity contribution in [3.05, 3.63) is 0 Å². The Bertz CT molecular complexity index is 159. The number of amides is 1. The zero-order chi connectivity index (χ0) is 10.4. The summed E-state index contributed by atoms with van der Waals surface area (Å²) in [5, 5.41) is 2.65. The summed E-state index contributed by atoms with van der Waals surface area (Å²) in [6, 6.07) is 0.460. The molecule has 0 saturated carbocycles. The topological polar surface area (TPSA) is 32.3 Å². The van der Waals surface area contributed by atoms with Gasteiger partial charge in [0.1, 0.15) is 0 Å². The van der Waals surface area contributed by atoms with Crippen LogP contribution >= 0.6 is 0 Å². The first-order chi connectivity index (χ1) is 6.02. The van der Waals surface area contributed by atoms with E-state index in [1.807, 2.05) is 0 Å². The van der Waals surface area contributed by atoms with Crippen LogP contribution in [0.15, 0.2) is 0 Å². The van der Waals surface area contributed by atoms with Crippen LogP contribution in [0.4, 0.5) is 0 Å². The van der Waals surface area contributed by atoms with Crippen LogP contribution in [0.5, 0.6) is 0 Å². The van der Waals surface area contributed by atoms with Gasteiger partial charge in [0.25, 0.3) is 0 Å². The maximum atomic E-state index is 11.1. The highest BCUT2D eigenvalue weighted by Crippen LogP contribution is 2.12. The third-order valence-electron chi connectivity index (χ3n) is 2.80. The van der Waals surface area contributed by atoms with Crippen molar-refractivity contribution in [1.82, 2.24) is 10.2 Å². The van der Waals surface area contributed by atoms with Crippen LogP contribution in [0.3, 0.4) is 0 Å². The summed E-state index contributed by atoms with van der Waals surface area (Å²) in [6.45, 7) is 7.44. The van der Waals surface area contributed by atoms with Gasteiger partial charge in [0.2, 0.25) is 5.91 Å². The van der Waals surface area contributed by atoms with Gasteiger partial charge in [0.05, 0.1) is 0 Å². The lowest BCUT2D eigenvalue weighted by atomic mass is 9.98. The number of hydrogen-bond acceptors (Lipinski definition) is 2. The Labute approximate surface area is 81.5 Å². The van der Waals surface area contributed by atoms with Crippen LogP contribution < -0.4 is 5.32 Å². The highest BCUT2D eigenvalue weighted by atomic mass is 16.1. The molecule has 0 aromatic rings. The Morgan fingerprint density at radius 1 is 1.46 bits per heavy atom. The van der Waals surface area contributed by atoms with Gasteiger partial charge in [-0.15, -0.1) is 0 Å². The van der Waals surface area contributed by atoms with E-state index < -0.39 is 0 Å². The quantitative estimate of drug-likeness (QED) is 0.697. The largest absolute Gasteiger partial charge is 0.359 e. The van der Waals surface area contributed by atoms with E-state index >= 15 is 0 Å². The zero-order valence-electron chi connectivity index (χ0n) is 9.42. The molecule has 0 rings (SSSR count). The van der Waals surface area contributed by atoms with Gasteiger partial charge in [-0.1, -0.05) is 13.8 Å². The fourth-order valence-electron chi connectivity index (χ4n) is 1.29. The molecule has 1 amide bonds. The molecule has 0 aliphatic heterocycles. The molecule has 0 spiro atoms. The van der Waals surface area contributed by atoms with Gasteiger partial charge in [-0.05, 0) is 26.4 Å². The molecule has 1 N–H and O–H groups in total. The van der Waals surface area contributed by atoms with Crippen LogP contribution in [0.2, 0.25) is 0 Å². The van der Waals surface area contributed by atoms with Crippen LogP contribution in [0, 0.1) is 5.92 Å². The zero-order valence-corrected chi connectivity index (χ0v) is 9.42. The summed E-state index contributed by atoms with van der Waals surface area (Å²) in [7, 11) is 3.77. The van der Waals surface area contributed by atoms with Gasteiger partial charge in [0.15, 0.2) is 0 Å². The molecule has 78 valence electrons. The Balaban J connectivity index is 3.95. The fourth-order valence-corrected chi connectivity index (χ4v) is 1.29. The molecule has 0 aliphatic carbocycles. The van der Waals surface area contributed by atoms with E-state index in [1.54, 1.807) is 7.05 Å². The molecule has 0 saturated heterocycles. The molecule has 13 heavy (non-hydrogen) atoms. The van der Waals surface area contributed by atoms with Crippen LogP contribution in [0.25, 0.3) is 0 Å². The summed E-state index contributed by atoms with van der Waals surface area (Å²) >= 11 is 0. The second-order valence-corrected chi connectivity index (χ2v) is 3.67. The Hall–Kier alpha value is -0.570. The second-order valence-electron chi connectivity index (χ2n) is 3.67. The lowest BCUT2D eigenvalue weighted by molar-refractivity contribution is -0.121. The number of carbonyl (C=O) groups is 1. The molecule has 0 aromatic heterocycles. The van der Waals surface area contributed by atoms with Crippen molar-refractivity contribution >= 4 is 5.91 Å². The van der Waals surface area contributed by atoms with Crippen LogP contribution in [0.1, 0.15) is 27.2 Å². The van der Waals surface area contributed by atoms with E-state index in [-0.39, 0.29) is 5.91 Å². The standard InChI is InChI=1S/C10H22N2O/c1-6-12(5)9(3)8(2)7-10(13)11-4/h8-9H,6-7H2,1-5H3,(H,11,13). The van der Waals surface area contributed by atoms with Crippen LogP contribution in [-0.4, -0.2) is 37.5 Å². The molecule has 0 heterocycles. The van der Waals surface area contributed by atoms with Gasteiger partial charge >= 0.3 is 0 Å². The van der Waals surface area contributed by atoms with E-state index in [2.05, 4.69) is 38.0 Å². The van der Waals surface area contributed by atoms with Gasteiger partial charge in [-0.2, -0.15) is 0 Å². The third-order valence-corrected chi connectivity index (χ3v) is 2.80. The highest BCUT2D eigenvalue weighted by molar-refractivity contribution is 5.75. The SMILES string of the molecule is CCN(C)C(C)C(C)CC(=O)NC. The first-order valence-electron chi connectivity index (χ1n) is 4.93. The molecule has 3 nitrogen and oxygen atoms in total. The fraction of sp³-hybridized carbons (Fsp3) is 0.900. The average molecular weight is 186 g/mol. The van der Waals surface area contributed by atoms with E-state index in [0.717, 1.165) is 6.54 Å². The van der Waals surface area contributed by atoms with Crippen molar-refractivity contribution in [1.29, 1.82) is 0 Å². The average Bonchev–Trinajstić information content (AvgIpc) is 2.14. The number of nitrogens with zero attached hydrogens (tertiary/aromatic N) is 1. The minimum absolute atomic E-state index is 0.129. The van der Waals surface area contributed by atoms with Crippen molar-refractivity contribution < 1.29 is 4.79 Å². The van der Waals surface area contributed by atoms with Crippen molar-refractivity contribution in [2.75, 3.05) is 20.6 Å². The lowest BCUT2D eigenvalue weighted by Gasteiger charge is -2.28. The molecule has 0 radical (unpaired) electrons. The minimum atomic E-state index is 0.129. The number of hydrogen-bond donors (Lipinski definition) is 1. The maximum Gasteiger partial charge on any atom is 0.220 e. The second kappa shape index (κ2) is 5.97. The minimum Gasteiger partial charge on any atom is -0.359 e. The van der Waals surface area contributed by atoms with E-state index in [4.69, 9.17) is 0 Å². The maximum absolute atomic E-state index is 11.1. The molecule has 2 atom stereocenters. The molecule has 2 unspecified atom stereocenters. The predicted molar refractivity (Wildman–Crippen MR) is 55.6 cm³/mol. The third kappa shape index (κ3) is 4.27. The smallest absolute Gasteiger partial charge is 0.220 e. The van der Waals surface area contributed by atoms with E-state index in [9.17, 15) is 4.79 Å². The van der Waals surface area contributed by atoms with Crippen molar-refractivity contribution in [3.8, 4) is 0 Å². The molecule has 3 heteroatoms. The van der Waals surface area contributed by atoms with Gasteiger partial charge in [-0.25, -0.2) is 0 Å². The molecule has 0 fully saturated rings. The number of carbonyl (C=O) groups excluding carboxylic acids is 1. The van der Waals surface area contributed by atoms with Crippen LogP contribution in [-0.2, 0) is 4.79 Å². The van der Waals surface area contributed by atoms with Gasteiger partial charge in [0, 0.05) is 19.5 Å². The summed E-state index contributed by atoms with van der Waals surface area (Å²) in [5.41, 5.74) is 0. The Morgan fingerprint density at radius 2 is 2.00 bits per heavy atom. The summed E-state index contributed by atoms with van der Waals surface area (Å²) < 4.78 is 0. The number of rotatable bonds is 5. The summed E-state index contributed by atoms with van der Waals surface area (Å²) in [6.07, 6.45) is 0.613. The molecule has 0 aliphatic rings. The lowest BCUT2D eigenvalue weighted by Crippen LogP contribution is -2.36. The Kier molecular flexibility index (Phi) is 5.71. The number of nitrogens with one attached hydrogen (secondary N) is 1. The first kappa shape index (κ1) is 12.4. The summed E-state index contributed by atoms with van der Waals surface area (Å²) in [5.74, 6) is 0.536. The molecule has 0 aromatic carbocycles. The molecular weight excluding hydrogens is 164 g/mol. The van der Waals surface area contributed by atoms with Gasteiger partial charge in [-0.3, -0.25) is 4.79 Å². The summed E-state index contributed by atoms with van der Waals surface area (Å²) in [4.78, 5) is 13.4. The van der Waals surface area contributed by atoms with Crippen molar-refractivity contribution in [2.45, 2.75) is 33.2 Å². The van der Waals surface area contributed by atoms with Gasteiger partial charge < -0.3 is 10.2 Å².